The van der Waals surface area contributed by atoms with Crippen molar-refractivity contribution in [3.63, 3.8) is 0 Å². The zero-order chi connectivity index (χ0) is 12.3. The van der Waals surface area contributed by atoms with Crippen LogP contribution in [-0.4, -0.2) is 19.3 Å². The molecule has 1 aliphatic heterocycles. The van der Waals surface area contributed by atoms with E-state index in [9.17, 15) is 4.39 Å². The topological polar surface area (TPSA) is 18.5 Å². The lowest BCUT2D eigenvalue weighted by atomic mass is 10.0. The number of hydrogen-bond acceptors (Lipinski definition) is 2. The molecule has 1 heterocycles. The van der Waals surface area contributed by atoms with Gasteiger partial charge in [-0.25, -0.2) is 4.39 Å². The highest BCUT2D eigenvalue weighted by Gasteiger charge is 2.18. The molecule has 3 heteroatoms. The van der Waals surface area contributed by atoms with E-state index in [0.717, 1.165) is 19.4 Å². The molecule has 1 aromatic carbocycles. The molecule has 1 atom stereocenters. The first-order chi connectivity index (χ1) is 8.18. The highest BCUT2D eigenvalue weighted by Crippen LogP contribution is 2.26. The van der Waals surface area contributed by atoms with Gasteiger partial charge in [0.05, 0.1) is 6.10 Å². The molecular formula is C14H19FO2. The Morgan fingerprint density at radius 2 is 2.29 bits per heavy atom. The molecule has 0 saturated carbocycles. The normalized spacial score (nSPS) is 19.9. The van der Waals surface area contributed by atoms with Gasteiger partial charge in [0.15, 0.2) is 11.6 Å². The average molecular weight is 238 g/mol. The molecule has 0 bridgehead atoms. The first kappa shape index (κ1) is 12.4. The molecule has 0 aliphatic carbocycles. The SMILES string of the molecule is CC(C)c1cccc(OC[C@H]2CCCO2)c1F. The van der Waals surface area contributed by atoms with Crippen molar-refractivity contribution < 1.29 is 13.9 Å². The van der Waals surface area contributed by atoms with Crippen molar-refractivity contribution >= 4 is 0 Å². The predicted octanol–water partition coefficient (Wildman–Crippen LogP) is 3.51. The van der Waals surface area contributed by atoms with E-state index in [1.807, 2.05) is 19.9 Å². The standard InChI is InChI=1S/C14H19FO2/c1-10(2)12-6-3-7-13(14(12)15)17-9-11-5-4-8-16-11/h3,6-7,10-11H,4-5,8-9H2,1-2H3/t11-/m1/s1. The van der Waals surface area contributed by atoms with Crippen molar-refractivity contribution in [1.29, 1.82) is 0 Å². The van der Waals surface area contributed by atoms with E-state index in [-0.39, 0.29) is 17.8 Å². The summed E-state index contributed by atoms with van der Waals surface area (Å²) < 4.78 is 25.0. The van der Waals surface area contributed by atoms with E-state index in [4.69, 9.17) is 9.47 Å². The van der Waals surface area contributed by atoms with Crippen LogP contribution >= 0.6 is 0 Å². The van der Waals surface area contributed by atoms with Gasteiger partial charge in [-0.3, -0.25) is 0 Å². The first-order valence-electron chi connectivity index (χ1n) is 6.21. The Bertz CT molecular complexity index is 370. The van der Waals surface area contributed by atoms with Crippen LogP contribution in [-0.2, 0) is 4.74 Å². The summed E-state index contributed by atoms with van der Waals surface area (Å²) in [5.41, 5.74) is 0.704. The Morgan fingerprint density at radius 1 is 1.47 bits per heavy atom. The third-order valence-corrected chi connectivity index (χ3v) is 3.06. The maximum Gasteiger partial charge on any atom is 0.168 e. The summed E-state index contributed by atoms with van der Waals surface area (Å²) in [6.07, 6.45) is 2.20. The molecular weight excluding hydrogens is 219 g/mol. The lowest BCUT2D eigenvalue weighted by Crippen LogP contribution is -2.17. The molecule has 2 rings (SSSR count). The fraction of sp³-hybridized carbons (Fsp3) is 0.571. The first-order valence-corrected chi connectivity index (χ1v) is 6.21. The molecule has 0 spiro atoms. The highest BCUT2D eigenvalue weighted by atomic mass is 19.1. The molecule has 0 aromatic heterocycles. The van der Waals surface area contributed by atoms with Crippen molar-refractivity contribution in [2.24, 2.45) is 0 Å². The molecule has 94 valence electrons. The van der Waals surface area contributed by atoms with Gasteiger partial charge in [-0.15, -0.1) is 0 Å². The zero-order valence-electron chi connectivity index (χ0n) is 10.4. The van der Waals surface area contributed by atoms with Gasteiger partial charge in [-0.2, -0.15) is 0 Å². The Balaban J connectivity index is 2.02. The van der Waals surface area contributed by atoms with Gasteiger partial charge < -0.3 is 9.47 Å². The van der Waals surface area contributed by atoms with Crippen LogP contribution < -0.4 is 4.74 Å². The Hall–Kier alpha value is -1.09. The Labute approximate surface area is 102 Å². The molecule has 17 heavy (non-hydrogen) atoms. The minimum Gasteiger partial charge on any atom is -0.488 e. The lowest BCUT2D eigenvalue weighted by Gasteiger charge is -2.14. The van der Waals surface area contributed by atoms with Crippen LogP contribution in [0.4, 0.5) is 4.39 Å². The van der Waals surface area contributed by atoms with Gasteiger partial charge in [-0.1, -0.05) is 26.0 Å². The second-order valence-corrected chi connectivity index (χ2v) is 4.76. The second kappa shape index (κ2) is 5.50. The molecule has 0 amide bonds. The third-order valence-electron chi connectivity index (χ3n) is 3.06. The van der Waals surface area contributed by atoms with Crippen LogP contribution in [0.5, 0.6) is 5.75 Å². The number of hydrogen-bond donors (Lipinski definition) is 0. The second-order valence-electron chi connectivity index (χ2n) is 4.76. The molecule has 0 unspecified atom stereocenters. The lowest BCUT2D eigenvalue weighted by molar-refractivity contribution is 0.0665. The molecule has 2 nitrogen and oxygen atoms in total. The highest BCUT2D eigenvalue weighted by molar-refractivity contribution is 5.32. The van der Waals surface area contributed by atoms with Crippen molar-refractivity contribution in [2.45, 2.75) is 38.7 Å². The quantitative estimate of drug-likeness (QED) is 0.799. The average Bonchev–Trinajstić information content (AvgIpc) is 2.80. The van der Waals surface area contributed by atoms with E-state index < -0.39 is 0 Å². The minimum absolute atomic E-state index is 0.122. The maximum atomic E-state index is 14.0. The van der Waals surface area contributed by atoms with Crippen LogP contribution in [0.25, 0.3) is 0 Å². The van der Waals surface area contributed by atoms with E-state index in [1.165, 1.54) is 0 Å². The van der Waals surface area contributed by atoms with E-state index in [0.29, 0.717) is 17.9 Å². The zero-order valence-corrected chi connectivity index (χ0v) is 10.4. The summed E-state index contributed by atoms with van der Waals surface area (Å²) >= 11 is 0. The van der Waals surface area contributed by atoms with E-state index in [2.05, 4.69) is 0 Å². The van der Waals surface area contributed by atoms with Crippen LogP contribution in [0.15, 0.2) is 18.2 Å². The predicted molar refractivity (Wildman–Crippen MR) is 65.0 cm³/mol. The summed E-state index contributed by atoms with van der Waals surface area (Å²) in [4.78, 5) is 0. The summed E-state index contributed by atoms with van der Waals surface area (Å²) in [6, 6.07) is 5.32. The van der Waals surface area contributed by atoms with Gasteiger partial charge in [0.2, 0.25) is 0 Å². The summed E-state index contributed by atoms with van der Waals surface area (Å²) in [6.45, 7) is 5.19. The number of ether oxygens (including phenoxy) is 2. The number of rotatable bonds is 4. The Morgan fingerprint density at radius 3 is 2.94 bits per heavy atom. The summed E-state index contributed by atoms with van der Waals surface area (Å²) in [7, 11) is 0. The fourth-order valence-electron chi connectivity index (χ4n) is 2.04. The van der Waals surface area contributed by atoms with E-state index in [1.54, 1.807) is 12.1 Å². The summed E-state index contributed by atoms with van der Waals surface area (Å²) in [5, 5.41) is 0. The van der Waals surface area contributed by atoms with Gasteiger partial charge in [0.1, 0.15) is 6.61 Å². The molecule has 1 saturated heterocycles. The molecule has 1 aliphatic rings. The van der Waals surface area contributed by atoms with Gasteiger partial charge in [0.25, 0.3) is 0 Å². The van der Waals surface area contributed by atoms with Gasteiger partial charge in [-0.05, 0) is 30.4 Å². The minimum atomic E-state index is -0.236. The van der Waals surface area contributed by atoms with Gasteiger partial charge >= 0.3 is 0 Å². The fourth-order valence-corrected chi connectivity index (χ4v) is 2.04. The van der Waals surface area contributed by atoms with Crippen LogP contribution in [0.1, 0.15) is 38.2 Å². The molecule has 1 aromatic rings. The number of benzene rings is 1. The molecule has 0 radical (unpaired) electrons. The van der Waals surface area contributed by atoms with E-state index >= 15 is 0 Å². The third kappa shape index (κ3) is 2.97. The molecule has 0 N–H and O–H groups in total. The van der Waals surface area contributed by atoms with Crippen molar-refractivity contribution in [3.8, 4) is 5.75 Å². The van der Waals surface area contributed by atoms with Crippen LogP contribution in [0.2, 0.25) is 0 Å². The van der Waals surface area contributed by atoms with Gasteiger partial charge in [0, 0.05) is 6.61 Å². The Kier molecular flexibility index (Phi) is 4.00. The van der Waals surface area contributed by atoms with Crippen LogP contribution in [0.3, 0.4) is 0 Å². The maximum absolute atomic E-state index is 14.0. The molecule has 1 fully saturated rings. The monoisotopic (exact) mass is 238 g/mol. The van der Waals surface area contributed by atoms with Crippen molar-refractivity contribution in [3.05, 3.63) is 29.6 Å². The van der Waals surface area contributed by atoms with Crippen molar-refractivity contribution in [1.82, 2.24) is 0 Å². The van der Waals surface area contributed by atoms with Crippen LogP contribution in [0, 0.1) is 5.82 Å². The summed E-state index contributed by atoms with van der Waals surface area (Å²) in [5.74, 6) is 0.272. The number of halogens is 1. The largest absolute Gasteiger partial charge is 0.488 e. The van der Waals surface area contributed by atoms with Crippen molar-refractivity contribution in [2.75, 3.05) is 13.2 Å². The smallest absolute Gasteiger partial charge is 0.168 e.